The van der Waals surface area contributed by atoms with Crippen molar-refractivity contribution in [3.8, 4) is 17.0 Å². The summed E-state index contributed by atoms with van der Waals surface area (Å²) in [6, 6.07) is 8.74. The number of methoxy groups -OCH3 is 1. The fraction of sp³-hybridized carbons (Fsp3) is 0.143. The third-order valence-electron chi connectivity index (χ3n) is 2.66. The van der Waals surface area contributed by atoms with Crippen molar-refractivity contribution in [3.05, 3.63) is 47.7 Å². The van der Waals surface area contributed by atoms with Gasteiger partial charge in [0.15, 0.2) is 0 Å². The minimum absolute atomic E-state index is 0.271. The fourth-order valence-electron chi connectivity index (χ4n) is 1.74. The van der Waals surface area contributed by atoms with Gasteiger partial charge in [0.2, 0.25) is 5.88 Å². The smallest absolute Gasteiger partial charge is 0.336 e. The van der Waals surface area contributed by atoms with Crippen LogP contribution < -0.4 is 4.74 Å². The second-order valence-corrected chi connectivity index (χ2v) is 3.94. The maximum Gasteiger partial charge on any atom is 0.336 e. The molecule has 0 aliphatic carbocycles. The van der Waals surface area contributed by atoms with Gasteiger partial charge in [0.1, 0.15) is 0 Å². The van der Waals surface area contributed by atoms with Crippen molar-refractivity contribution in [1.82, 2.24) is 4.98 Å². The van der Waals surface area contributed by atoms with E-state index in [1.807, 2.05) is 13.0 Å². The first kappa shape index (κ1) is 12.1. The topological polar surface area (TPSA) is 59.4 Å². The Hall–Kier alpha value is -2.36. The molecule has 1 aromatic heterocycles. The Morgan fingerprint density at radius 3 is 2.61 bits per heavy atom. The second kappa shape index (κ2) is 4.87. The van der Waals surface area contributed by atoms with Crippen molar-refractivity contribution in [2.24, 2.45) is 0 Å². The first-order valence-electron chi connectivity index (χ1n) is 5.46. The van der Waals surface area contributed by atoms with Gasteiger partial charge in [-0.05, 0) is 24.6 Å². The zero-order chi connectivity index (χ0) is 13.1. The van der Waals surface area contributed by atoms with Crippen LogP contribution in [0.5, 0.6) is 5.88 Å². The molecule has 2 rings (SSSR count). The van der Waals surface area contributed by atoms with E-state index >= 15 is 0 Å². The second-order valence-electron chi connectivity index (χ2n) is 3.94. The number of ether oxygens (including phenoxy) is 1. The van der Waals surface area contributed by atoms with Gasteiger partial charge in [-0.15, -0.1) is 0 Å². The molecule has 0 amide bonds. The highest BCUT2D eigenvalue weighted by atomic mass is 16.5. The number of aromatic carboxylic acids is 1. The number of aryl methyl sites for hydroxylation is 1. The Kier molecular flexibility index (Phi) is 3.28. The van der Waals surface area contributed by atoms with Crippen LogP contribution in [0.25, 0.3) is 11.1 Å². The molecule has 0 aliphatic rings. The molecule has 1 N–H and O–H groups in total. The minimum Gasteiger partial charge on any atom is -0.481 e. The molecule has 1 aromatic carbocycles. The minimum atomic E-state index is -0.944. The number of pyridine rings is 1. The average molecular weight is 243 g/mol. The Morgan fingerprint density at radius 2 is 2.06 bits per heavy atom. The number of benzene rings is 1. The quantitative estimate of drug-likeness (QED) is 0.900. The Labute approximate surface area is 105 Å². The molecule has 0 unspecified atom stereocenters. The number of carboxylic acid groups (broad SMARTS) is 1. The van der Waals surface area contributed by atoms with Gasteiger partial charge < -0.3 is 9.84 Å². The molecular weight excluding hydrogens is 230 g/mol. The van der Waals surface area contributed by atoms with Gasteiger partial charge in [-0.25, -0.2) is 9.78 Å². The van der Waals surface area contributed by atoms with Crippen molar-refractivity contribution < 1.29 is 14.6 Å². The number of aromatic nitrogens is 1. The summed E-state index contributed by atoms with van der Waals surface area (Å²) in [5, 5.41) is 9.17. The van der Waals surface area contributed by atoms with Crippen LogP contribution in [-0.4, -0.2) is 23.2 Å². The number of carboxylic acids is 1. The first-order chi connectivity index (χ1) is 8.61. The van der Waals surface area contributed by atoms with Gasteiger partial charge in [-0.2, -0.15) is 0 Å². The average Bonchev–Trinajstić information content (AvgIpc) is 2.38. The molecule has 4 heteroatoms. The SMILES string of the molecule is COc1ccc(-c2cc(C)ccc2C(=O)O)cn1. The van der Waals surface area contributed by atoms with Gasteiger partial charge in [0.05, 0.1) is 12.7 Å². The van der Waals surface area contributed by atoms with Crippen LogP contribution in [0.4, 0.5) is 0 Å². The zero-order valence-electron chi connectivity index (χ0n) is 10.2. The van der Waals surface area contributed by atoms with Crippen LogP contribution >= 0.6 is 0 Å². The van der Waals surface area contributed by atoms with E-state index in [2.05, 4.69) is 4.98 Å². The summed E-state index contributed by atoms with van der Waals surface area (Å²) in [5.74, 6) is -0.441. The number of carbonyl (C=O) groups is 1. The van der Waals surface area contributed by atoms with Gasteiger partial charge in [-0.3, -0.25) is 0 Å². The molecule has 18 heavy (non-hydrogen) atoms. The van der Waals surface area contributed by atoms with Crippen molar-refractivity contribution in [3.63, 3.8) is 0 Å². The number of rotatable bonds is 3. The predicted octanol–water partition coefficient (Wildman–Crippen LogP) is 2.76. The molecular formula is C14H13NO3. The molecule has 0 radical (unpaired) electrons. The molecule has 0 spiro atoms. The maximum absolute atomic E-state index is 11.2. The van der Waals surface area contributed by atoms with Crippen molar-refractivity contribution in [2.75, 3.05) is 7.11 Å². The lowest BCUT2D eigenvalue weighted by Crippen LogP contribution is -2.00. The molecule has 4 nitrogen and oxygen atoms in total. The lowest BCUT2D eigenvalue weighted by molar-refractivity contribution is 0.0697. The van der Waals surface area contributed by atoms with Crippen molar-refractivity contribution in [2.45, 2.75) is 6.92 Å². The Bertz CT molecular complexity index is 576. The van der Waals surface area contributed by atoms with E-state index < -0.39 is 5.97 Å². The summed E-state index contributed by atoms with van der Waals surface area (Å²) in [6.07, 6.45) is 1.61. The molecule has 0 fully saturated rings. The van der Waals surface area contributed by atoms with Crippen molar-refractivity contribution in [1.29, 1.82) is 0 Å². The molecule has 0 atom stereocenters. The summed E-state index contributed by atoms with van der Waals surface area (Å²) in [6.45, 7) is 1.92. The Morgan fingerprint density at radius 1 is 1.28 bits per heavy atom. The van der Waals surface area contributed by atoms with E-state index in [9.17, 15) is 9.90 Å². The highest BCUT2D eigenvalue weighted by molar-refractivity contribution is 5.96. The summed E-state index contributed by atoms with van der Waals surface area (Å²) in [4.78, 5) is 15.3. The monoisotopic (exact) mass is 243 g/mol. The van der Waals surface area contributed by atoms with E-state index in [-0.39, 0.29) is 5.56 Å². The number of hydrogen-bond donors (Lipinski definition) is 1. The zero-order valence-corrected chi connectivity index (χ0v) is 10.2. The van der Waals surface area contributed by atoms with Crippen LogP contribution in [-0.2, 0) is 0 Å². The summed E-state index contributed by atoms with van der Waals surface area (Å²) >= 11 is 0. The lowest BCUT2D eigenvalue weighted by atomic mass is 9.99. The summed E-state index contributed by atoms with van der Waals surface area (Å²) in [7, 11) is 1.54. The first-order valence-corrected chi connectivity index (χ1v) is 5.46. The normalized spacial score (nSPS) is 10.1. The molecule has 2 aromatic rings. The number of nitrogens with zero attached hydrogens (tertiary/aromatic N) is 1. The van der Waals surface area contributed by atoms with E-state index in [4.69, 9.17) is 4.74 Å². The molecule has 92 valence electrons. The van der Waals surface area contributed by atoms with Gasteiger partial charge in [0, 0.05) is 17.8 Å². The van der Waals surface area contributed by atoms with Crippen LogP contribution in [0.2, 0.25) is 0 Å². The summed E-state index contributed by atoms with van der Waals surface area (Å²) in [5.41, 5.74) is 2.70. The van der Waals surface area contributed by atoms with Crippen molar-refractivity contribution >= 4 is 5.97 Å². The van der Waals surface area contributed by atoms with Gasteiger partial charge in [-0.1, -0.05) is 17.7 Å². The van der Waals surface area contributed by atoms with E-state index in [1.165, 1.54) is 7.11 Å². The molecule has 1 heterocycles. The highest BCUT2D eigenvalue weighted by Crippen LogP contribution is 2.25. The highest BCUT2D eigenvalue weighted by Gasteiger charge is 2.12. The Balaban J connectivity index is 2.54. The van der Waals surface area contributed by atoms with E-state index in [0.717, 1.165) is 11.1 Å². The predicted molar refractivity (Wildman–Crippen MR) is 67.9 cm³/mol. The van der Waals surface area contributed by atoms with Crippen LogP contribution in [0.1, 0.15) is 15.9 Å². The molecule has 0 bridgehead atoms. The number of hydrogen-bond acceptors (Lipinski definition) is 3. The van der Waals surface area contributed by atoms with Crippen LogP contribution in [0, 0.1) is 6.92 Å². The maximum atomic E-state index is 11.2. The van der Waals surface area contributed by atoms with Gasteiger partial charge >= 0.3 is 5.97 Å². The molecule has 0 saturated heterocycles. The largest absolute Gasteiger partial charge is 0.481 e. The third-order valence-corrected chi connectivity index (χ3v) is 2.66. The van der Waals surface area contributed by atoms with E-state index in [1.54, 1.807) is 30.5 Å². The van der Waals surface area contributed by atoms with Crippen LogP contribution in [0.15, 0.2) is 36.5 Å². The fourth-order valence-corrected chi connectivity index (χ4v) is 1.74. The van der Waals surface area contributed by atoms with E-state index in [0.29, 0.717) is 11.4 Å². The molecule has 0 saturated carbocycles. The molecule has 0 aliphatic heterocycles. The lowest BCUT2D eigenvalue weighted by Gasteiger charge is -2.08. The van der Waals surface area contributed by atoms with Gasteiger partial charge in [0.25, 0.3) is 0 Å². The summed E-state index contributed by atoms with van der Waals surface area (Å²) < 4.78 is 4.98. The third kappa shape index (κ3) is 2.32. The standard InChI is InChI=1S/C14H13NO3/c1-9-3-5-11(14(16)17)12(7-9)10-4-6-13(18-2)15-8-10/h3-8H,1-2H3,(H,16,17). The van der Waals surface area contributed by atoms with Crippen LogP contribution in [0.3, 0.4) is 0 Å².